The van der Waals surface area contributed by atoms with Gasteiger partial charge in [-0.15, -0.1) is 6.42 Å². The normalized spacial score (nSPS) is 27.8. The number of carbonyl (C=O) groups excluding carboxylic acids is 1. The standard InChI is InChI=1S/C12H18FN3O8P/c1-3-7(11(14-2)15-19)4-16(6-17)12-9(13)10(18)8(24-12)5-23-25(20,21)22/h1,4,6,8-10,12,18-22H,5H2,2H3,(H,14,15)/q+1/b7-4-. The quantitative estimate of drug-likeness (QED) is 0.0734. The van der Waals surface area contributed by atoms with Crippen molar-refractivity contribution in [1.82, 2.24) is 10.4 Å². The molecule has 1 aliphatic rings. The van der Waals surface area contributed by atoms with Crippen molar-refractivity contribution >= 4 is 20.4 Å². The van der Waals surface area contributed by atoms with Crippen LogP contribution in [0.3, 0.4) is 0 Å². The number of amides is 1. The Labute approximate surface area is 142 Å². The minimum absolute atomic E-state index is 0.117. The third kappa shape index (κ3) is 5.67. The summed E-state index contributed by atoms with van der Waals surface area (Å²) in [6, 6.07) is 0. The van der Waals surface area contributed by atoms with Crippen molar-refractivity contribution in [3.05, 3.63) is 11.8 Å². The Hall–Kier alpha value is -1.68. The lowest BCUT2D eigenvalue weighted by Crippen LogP contribution is -2.39. The van der Waals surface area contributed by atoms with Gasteiger partial charge in [0.1, 0.15) is 18.8 Å². The number of hydrogen-bond donors (Lipinski definition) is 6. The van der Waals surface area contributed by atoms with Crippen molar-refractivity contribution in [3.63, 3.8) is 0 Å². The summed E-state index contributed by atoms with van der Waals surface area (Å²) in [5, 5.41) is 18.7. The molecule has 140 valence electrons. The molecule has 1 saturated heterocycles. The molecule has 1 rings (SSSR count). The molecule has 0 saturated carbocycles. The number of aliphatic hydroxyl groups excluding tert-OH is 1. The summed E-state index contributed by atoms with van der Waals surface area (Å²) in [5.41, 5.74) is 1.58. The maximum absolute atomic E-state index is 14.2. The number of rotatable bonds is 7. The highest BCUT2D eigenvalue weighted by molar-refractivity contribution is 7.53. The largest absolute Gasteiger partial charge is 0.567 e. The molecule has 0 aliphatic carbocycles. The predicted octanol–water partition coefficient (Wildman–Crippen LogP) is -1.94. The lowest BCUT2D eigenvalue weighted by Gasteiger charge is -2.23. The van der Waals surface area contributed by atoms with E-state index in [9.17, 15) is 14.3 Å². The maximum Gasteiger partial charge on any atom is 0.567 e. The summed E-state index contributed by atoms with van der Waals surface area (Å²) in [6.45, 7) is -0.742. The Bertz CT molecular complexity index is 576. The maximum atomic E-state index is 14.2. The fourth-order valence-electron chi connectivity index (χ4n) is 1.96. The van der Waals surface area contributed by atoms with Gasteiger partial charge < -0.3 is 9.84 Å². The van der Waals surface area contributed by atoms with Crippen LogP contribution in [-0.2, 0) is 14.1 Å². The highest BCUT2D eigenvalue weighted by Gasteiger charge is 2.49. The van der Waals surface area contributed by atoms with Crippen LogP contribution < -0.4 is 5.48 Å². The fourth-order valence-corrected chi connectivity index (χ4v) is 2.31. The van der Waals surface area contributed by atoms with E-state index in [1.165, 1.54) is 7.05 Å². The minimum Gasteiger partial charge on any atom is -0.387 e. The molecule has 4 unspecified atom stereocenters. The predicted molar refractivity (Wildman–Crippen MR) is 82.2 cm³/mol. The van der Waals surface area contributed by atoms with Crippen LogP contribution >= 0.6 is 8.17 Å². The zero-order valence-electron chi connectivity index (χ0n) is 12.9. The number of aliphatic hydroxyl groups is 1. The molecule has 4 atom stereocenters. The van der Waals surface area contributed by atoms with Crippen molar-refractivity contribution in [2.45, 2.75) is 24.6 Å². The molecule has 1 aliphatic heterocycles. The third-order valence-electron chi connectivity index (χ3n) is 3.14. The van der Waals surface area contributed by atoms with Gasteiger partial charge >= 0.3 is 8.17 Å². The van der Waals surface area contributed by atoms with Crippen LogP contribution in [-0.4, -0.2) is 80.4 Å². The zero-order valence-corrected chi connectivity index (χ0v) is 13.8. The van der Waals surface area contributed by atoms with E-state index in [4.69, 9.17) is 31.0 Å². The molecular weight excluding hydrogens is 364 g/mol. The van der Waals surface area contributed by atoms with Gasteiger partial charge in [0.15, 0.2) is 18.2 Å². The van der Waals surface area contributed by atoms with Crippen LogP contribution in [0.4, 0.5) is 4.39 Å². The number of aliphatic imine (C=N–C) groups is 1. The molecule has 1 amide bonds. The van der Waals surface area contributed by atoms with E-state index in [1.54, 1.807) is 5.48 Å². The van der Waals surface area contributed by atoms with Crippen molar-refractivity contribution in [2.75, 3.05) is 13.7 Å². The van der Waals surface area contributed by atoms with Gasteiger partial charge in [0, 0.05) is 13.2 Å². The molecule has 0 aromatic rings. The number of halogens is 1. The van der Waals surface area contributed by atoms with Crippen LogP contribution in [0.15, 0.2) is 16.8 Å². The first-order valence-electron chi connectivity index (χ1n) is 6.66. The molecule has 0 bridgehead atoms. The monoisotopic (exact) mass is 382 g/mol. The van der Waals surface area contributed by atoms with Gasteiger partial charge in [-0.3, -0.25) is 25.4 Å². The summed E-state index contributed by atoms with van der Waals surface area (Å²) in [4.78, 5) is 41.7. The Morgan fingerprint density at radius 1 is 1.56 bits per heavy atom. The topological polar surface area (TPSA) is 164 Å². The van der Waals surface area contributed by atoms with Gasteiger partial charge in [-0.25, -0.2) is 4.39 Å². The molecule has 6 N–H and O–H groups in total. The number of nitrogens with zero attached hydrogens (tertiary/aromatic N) is 2. The highest BCUT2D eigenvalue weighted by Crippen LogP contribution is 2.46. The van der Waals surface area contributed by atoms with Crippen molar-refractivity contribution in [3.8, 4) is 12.3 Å². The van der Waals surface area contributed by atoms with Crippen LogP contribution in [0.5, 0.6) is 0 Å². The number of ether oxygens (including phenoxy) is 1. The van der Waals surface area contributed by atoms with Crippen LogP contribution in [0.2, 0.25) is 0 Å². The fraction of sp³-hybridized carbons (Fsp3) is 0.500. The summed E-state index contributed by atoms with van der Waals surface area (Å²) in [7, 11) is -3.30. The number of amidine groups is 1. The van der Waals surface area contributed by atoms with Crippen LogP contribution in [0, 0.1) is 12.3 Å². The number of carbonyl (C=O) groups is 1. The molecule has 11 nitrogen and oxygen atoms in total. The lowest BCUT2D eigenvalue weighted by molar-refractivity contribution is -0.130. The molecule has 0 spiro atoms. The number of terminal acetylenes is 1. The Morgan fingerprint density at radius 2 is 2.20 bits per heavy atom. The summed E-state index contributed by atoms with van der Waals surface area (Å²) in [6.07, 6.45) is -0.544. The van der Waals surface area contributed by atoms with Gasteiger partial charge in [0.25, 0.3) is 0 Å². The van der Waals surface area contributed by atoms with E-state index in [-0.39, 0.29) is 17.8 Å². The molecule has 0 radical (unpaired) electrons. The van der Waals surface area contributed by atoms with Gasteiger partial charge in [0.05, 0.1) is 5.57 Å². The van der Waals surface area contributed by atoms with E-state index < -0.39 is 39.4 Å². The molecular formula is C12H18FN3O8P+. The Balaban J connectivity index is 2.96. The first-order chi connectivity index (χ1) is 11.7. The number of hydroxylamine groups is 1. The smallest absolute Gasteiger partial charge is 0.387 e. The second kappa shape index (κ2) is 9.14. The molecule has 1 heterocycles. The summed E-state index contributed by atoms with van der Waals surface area (Å²) in [5.74, 6) is 1.94. The Kier molecular flexibility index (Phi) is 7.81. The average molecular weight is 382 g/mol. The number of nitrogens with one attached hydrogen (secondary N) is 1. The SMILES string of the molecule is C#C/C(=C/N(C=O)C1OC(CO[P+](O)(O)O)C(O)C1F)C(=NC)NO. The number of alkyl halides is 1. The van der Waals surface area contributed by atoms with Gasteiger partial charge in [-0.1, -0.05) is 5.92 Å². The minimum atomic E-state index is -4.60. The second-order valence-corrected chi connectivity index (χ2v) is 6.02. The van der Waals surface area contributed by atoms with Crippen molar-refractivity contribution in [1.29, 1.82) is 0 Å². The number of hydrogen-bond acceptors (Lipinski definition) is 9. The third-order valence-corrected chi connectivity index (χ3v) is 3.64. The van der Waals surface area contributed by atoms with Gasteiger partial charge in [-0.05, 0) is 0 Å². The zero-order chi connectivity index (χ0) is 19.2. The average Bonchev–Trinajstić information content (AvgIpc) is 2.84. The highest BCUT2D eigenvalue weighted by atomic mass is 31.2. The van der Waals surface area contributed by atoms with Crippen molar-refractivity contribution in [2.24, 2.45) is 4.99 Å². The first kappa shape index (κ1) is 21.4. The summed E-state index contributed by atoms with van der Waals surface area (Å²) < 4.78 is 23.6. The van der Waals surface area contributed by atoms with E-state index in [2.05, 4.69) is 15.4 Å². The van der Waals surface area contributed by atoms with Crippen LogP contribution in [0.25, 0.3) is 0 Å². The van der Waals surface area contributed by atoms with E-state index in [0.717, 1.165) is 6.20 Å². The molecule has 13 heteroatoms. The summed E-state index contributed by atoms with van der Waals surface area (Å²) >= 11 is 0. The van der Waals surface area contributed by atoms with Crippen LogP contribution in [0.1, 0.15) is 0 Å². The molecule has 1 fully saturated rings. The second-order valence-electron chi connectivity index (χ2n) is 4.73. The van der Waals surface area contributed by atoms with E-state index >= 15 is 0 Å². The Morgan fingerprint density at radius 3 is 2.64 bits per heavy atom. The first-order valence-corrected chi connectivity index (χ1v) is 8.22. The molecule has 0 aromatic heterocycles. The van der Waals surface area contributed by atoms with E-state index in [1.807, 2.05) is 0 Å². The van der Waals surface area contributed by atoms with Gasteiger partial charge in [-0.2, -0.15) is 19.2 Å². The van der Waals surface area contributed by atoms with Crippen molar-refractivity contribution < 1.29 is 43.4 Å². The van der Waals surface area contributed by atoms with Gasteiger partial charge in [0.2, 0.25) is 6.41 Å². The molecule has 25 heavy (non-hydrogen) atoms. The molecule has 0 aromatic carbocycles. The lowest BCUT2D eigenvalue weighted by atomic mass is 10.1. The van der Waals surface area contributed by atoms with E-state index in [0.29, 0.717) is 4.90 Å².